The molecule has 0 aliphatic rings. The van der Waals surface area contributed by atoms with Gasteiger partial charge in [-0.1, -0.05) is 11.6 Å². The van der Waals surface area contributed by atoms with Crippen LogP contribution >= 0.6 is 11.6 Å². The van der Waals surface area contributed by atoms with E-state index in [2.05, 4.69) is 9.97 Å². The average Bonchev–Trinajstić information content (AvgIpc) is 2.43. The van der Waals surface area contributed by atoms with Crippen LogP contribution in [0.15, 0.2) is 44.6 Å². The maximum absolute atomic E-state index is 11.4. The molecule has 0 amide bonds. The summed E-state index contributed by atoms with van der Waals surface area (Å²) in [6, 6.07) is 6.39. The highest BCUT2D eigenvalue weighted by atomic mass is 35.5. The molecule has 2 heterocycles. The molecular weight excluding hydrogens is 296 g/mol. The fourth-order valence-corrected chi connectivity index (χ4v) is 2.06. The molecule has 0 spiro atoms. The van der Waals surface area contributed by atoms with Crippen molar-refractivity contribution in [3.05, 3.63) is 62.0 Å². The van der Waals surface area contributed by atoms with Crippen LogP contribution in [-0.2, 0) is 0 Å². The van der Waals surface area contributed by atoms with Gasteiger partial charge in [-0.3, -0.25) is 4.79 Å². The Bertz CT molecular complexity index is 946. The van der Waals surface area contributed by atoms with E-state index in [1.165, 1.54) is 12.4 Å². The van der Waals surface area contributed by atoms with Gasteiger partial charge in [0.15, 0.2) is 5.02 Å². The van der Waals surface area contributed by atoms with Crippen molar-refractivity contribution in [3.8, 4) is 11.6 Å². The van der Waals surface area contributed by atoms with Gasteiger partial charge >= 0.3 is 5.63 Å². The number of hydrogen-bond donors (Lipinski definition) is 1. The summed E-state index contributed by atoms with van der Waals surface area (Å²) in [6.45, 7) is 1.81. The Kier molecular flexibility index (Phi) is 3.23. The number of rotatable bonds is 2. The number of aryl methyl sites for hydroxylation is 1. The van der Waals surface area contributed by atoms with E-state index in [9.17, 15) is 9.59 Å². The number of hydrogen-bond acceptors (Lipinski definition) is 5. The Hall–Kier alpha value is -2.60. The topological polar surface area (TPSA) is 85.2 Å². The number of ether oxygens (including phenoxy) is 1. The predicted octanol–water partition coefficient (Wildman–Crippen LogP) is 2.63. The van der Waals surface area contributed by atoms with E-state index >= 15 is 0 Å². The Balaban J connectivity index is 2.08. The lowest BCUT2D eigenvalue weighted by Crippen LogP contribution is -2.07. The lowest BCUT2D eigenvalue weighted by molar-refractivity contribution is 0.459. The van der Waals surface area contributed by atoms with Crippen molar-refractivity contribution in [1.82, 2.24) is 9.97 Å². The molecule has 0 saturated heterocycles. The van der Waals surface area contributed by atoms with Gasteiger partial charge < -0.3 is 14.1 Å². The van der Waals surface area contributed by atoms with Crippen LogP contribution in [0.2, 0.25) is 5.02 Å². The van der Waals surface area contributed by atoms with Gasteiger partial charge in [-0.15, -0.1) is 0 Å². The SMILES string of the molecule is Cc1cc(=O)oc2cc(Oc3nc[nH]c(=O)c3Cl)ccc12. The second-order valence-corrected chi connectivity index (χ2v) is 4.74. The van der Waals surface area contributed by atoms with Crippen LogP contribution in [0.3, 0.4) is 0 Å². The molecule has 0 atom stereocenters. The molecule has 7 heteroatoms. The molecule has 0 aliphatic carbocycles. The number of aromatic nitrogens is 2. The van der Waals surface area contributed by atoms with Crippen molar-refractivity contribution in [2.75, 3.05) is 0 Å². The van der Waals surface area contributed by atoms with E-state index in [1.54, 1.807) is 18.2 Å². The number of halogens is 1. The third-order valence-electron chi connectivity index (χ3n) is 2.90. The molecule has 0 bridgehead atoms. The lowest BCUT2D eigenvalue weighted by Gasteiger charge is -2.06. The van der Waals surface area contributed by atoms with Crippen LogP contribution in [0.4, 0.5) is 0 Å². The Morgan fingerprint density at radius 2 is 2.10 bits per heavy atom. The maximum atomic E-state index is 11.4. The van der Waals surface area contributed by atoms with Gasteiger partial charge in [-0.05, 0) is 24.6 Å². The highest BCUT2D eigenvalue weighted by Crippen LogP contribution is 2.27. The summed E-state index contributed by atoms with van der Waals surface area (Å²) in [4.78, 5) is 28.9. The van der Waals surface area contributed by atoms with Crippen molar-refractivity contribution in [1.29, 1.82) is 0 Å². The fraction of sp³-hybridized carbons (Fsp3) is 0.0714. The molecule has 0 saturated carbocycles. The van der Waals surface area contributed by atoms with Crippen molar-refractivity contribution in [2.45, 2.75) is 6.92 Å². The highest BCUT2D eigenvalue weighted by Gasteiger charge is 2.10. The minimum absolute atomic E-state index is 0.0187. The quantitative estimate of drug-likeness (QED) is 0.736. The molecule has 21 heavy (non-hydrogen) atoms. The number of nitrogens with zero attached hydrogens (tertiary/aromatic N) is 1. The van der Waals surface area contributed by atoms with Crippen LogP contribution in [0.25, 0.3) is 11.0 Å². The Morgan fingerprint density at radius 1 is 1.29 bits per heavy atom. The summed E-state index contributed by atoms with van der Waals surface area (Å²) in [5.74, 6) is 0.339. The van der Waals surface area contributed by atoms with Gasteiger partial charge in [0.25, 0.3) is 5.56 Å². The van der Waals surface area contributed by atoms with Crippen LogP contribution in [0.5, 0.6) is 11.6 Å². The van der Waals surface area contributed by atoms with E-state index in [-0.39, 0.29) is 10.9 Å². The van der Waals surface area contributed by atoms with Crippen LogP contribution in [0, 0.1) is 6.92 Å². The van der Waals surface area contributed by atoms with Gasteiger partial charge in [0, 0.05) is 17.5 Å². The normalized spacial score (nSPS) is 10.8. The zero-order valence-corrected chi connectivity index (χ0v) is 11.6. The highest BCUT2D eigenvalue weighted by molar-refractivity contribution is 6.31. The van der Waals surface area contributed by atoms with Crippen molar-refractivity contribution < 1.29 is 9.15 Å². The van der Waals surface area contributed by atoms with E-state index < -0.39 is 11.2 Å². The van der Waals surface area contributed by atoms with Crippen molar-refractivity contribution in [2.24, 2.45) is 0 Å². The molecule has 0 radical (unpaired) electrons. The zero-order chi connectivity index (χ0) is 15.0. The van der Waals surface area contributed by atoms with Crippen molar-refractivity contribution in [3.63, 3.8) is 0 Å². The molecule has 0 aliphatic heterocycles. The Labute approximate surface area is 123 Å². The average molecular weight is 305 g/mol. The zero-order valence-electron chi connectivity index (χ0n) is 10.8. The first kappa shape index (κ1) is 13.4. The summed E-state index contributed by atoms with van der Waals surface area (Å²) >= 11 is 5.81. The summed E-state index contributed by atoms with van der Waals surface area (Å²) in [6.07, 6.45) is 1.19. The van der Waals surface area contributed by atoms with Gasteiger partial charge in [0.05, 0.1) is 6.33 Å². The van der Waals surface area contributed by atoms with E-state index in [1.807, 2.05) is 6.92 Å². The first-order valence-corrected chi connectivity index (χ1v) is 6.38. The molecule has 1 N–H and O–H groups in total. The van der Waals surface area contributed by atoms with E-state index in [0.717, 1.165) is 10.9 Å². The summed E-state index contributed by atoms with van der Waals surface area (Å²) in [7, 11) is 0. The molecule has 3 aromatic rings. The Morgan fingerprint density at radius 3 is 2.90 bits per heavy atom. The second kappa shape index (κ2) is 5.06. The number of H-pyrrole nitrogens is 1. The molecule has 3 rings (SSSR count). The van der Waals surface area contributed by atoms with Gasteiger partial charge in [0.2, 0.25) is 5.88 Å². The molecule has 6 nitrogen and oxygen atoms in total. The van der Waals surface area contributed by atoms with E-state index in [0.29, 0.717) is 11.3 Å². The molecule has 0 fully saturated rings. The van der Waals surface area contributed by atoms with Crippen LogP contribution in [0.1, 0.15) is 5.56 Å². The monoisotopic (exact) mass is 304 g/mol. The first-order chi connectivity index (χ1) is 10.0. The lowest BCUT2D eigenvalue weighted by atomic mass is 10.1. The van der Waals surface area contributed by atoms with Crippen LogP contribution < -0.4 is 15.9 Å². The van der Waals surface area contributed by atoms with Crippen LogP contribution in [-0.4, -0.2) is 9.97 Å². The standard InChI is InChI=1S/C14H9ClN2O4/c1-7-4-11(18)21-10-5-8(2-3-9(7)10)20-14-12(15)13(19)16-6-17-14/h2-6H,1H3,(H,16,17,19). The molecule has 2 aromatic heterocycles. The van der Waals surface area contributed by atoms with E-state index in [4.69, 9.17) is 20.8 Å². The van der Waals surface area contributed by atoms with Gasteiger partial charge in [-0.25, -0.2) is 9.78 Å². The molecule has 1 aromatic carbocycles. The predicted molar refractivity (Wildman–Crippen MR) is 77.2 cm³/mol. The largest absolute Gasteiger partial charge is 0.437 e. The third-order valence-corrected chi connectivity index (χ3v) is 3.24. The fourth-order valence-electron chi connectivity index (χ4n) is 1.92. The molecule has 106 valence electrons. The summed E-state index contributed by atoms with van der Waals surface area (Å²) in [5.41, 5.74) is 0.257. The maximum Gasteiger partial charge on any atom is 0.336 e. The number of aromatic amines is 1. The van der Waals surface area contributed by atoms with Gasteiger partial charge in [0.1, 0.15) is 11.3 Å². The smallest absolute Gasteiger partial charge is 0.336 e. The molecular formula is C14H9ClN2O4. The summed E-state index contributed by atoms with van der Waals surface area (Å²) < 4.78 is 10.6. The third kappa shape index (κ3) is 2.53. The van der Waals surface area contributed by atoms with Crippen molar-refractivity contribution >= 4 is 22.6 Å². The summed E-state index contributed by atoms with van der Waals surface area (Å²) in [5, 5.41) is 0.648. The second-order valence-electron chi connectivity index (χ2n) is 4.36. The van der Waals surface area contributed by atoms with Gasteiger partial charge in [-0.2, -0.15) is 0 Å². The minimum Gasteiger partial charge on any atom is -0.437 e. The number of nitrogens with one attached hydrogen (secondary N) is 1. The number of benzene rings is 1. The molecule has 0 unspecified atom stereocenters. The number of fused-ring (bicyclic) bond motifs is 1. The first-order valence-electron chi connectivity index (χ1n) is 6.00. The minimum atomic E-state index is -0.496.